The second-order valence-electron chi connectivity index (χ2n) is 8.15. The highest BCUT2D eigenvalue weighted by Crippen LogP contribution is 2.34. The summed E-state index contributed by atoms with van der Waals surface area (Å²) in [5.74, 6) is 2.37. The number of likely N-dealkylation sites (N-methyl/N-ethyl adjacent to an activating group) is 1. The van der Waals surface area contributed by atoms with Crippen LogP contribution in [-0.2, 0) is 0 Å². The first-order chi connectivity index (χ1) is 9.73. The molecule has 21 heavy (non-hydrogen) atoms. The van der Waals surface area contributed by atoms with E-state index in [9.17, 15) is 5.11 Å². The molecule has 3 atom stereocenters. The zero-order valence-corrected chi connectivity index (χ0v) is 15.2. The third-order valence-corrected chi connectivity index (χ3v) is 4.83. The van der Waals surface area contributed by atoms with Crippen LogP contribution in [0.4, 0.5) is 0 Å². The molecule has 0 spiro atoms. The van der Waals surface area contributed by atoms with E-state index in [1.807, 2.05) is 13.8 Å². The van der Waals surface area contributed by atoms with E-state index in [1.165, 1.54) is 25.7 Å². The molecular formula is C18H38N2O. The average molecular weight is 299 g/mol. The van der Waals surface area contributed by atoms with E-state index in [1.54, 1.807) is 0 Å². The molecule has 126 valence electrons. The lowest BCUT2D eigenvalue weighted by atomic mass is 9.73. The first-order valence-corrected chi connectivity index (χ1v) is 8.87. The minimum atomic E-state index is -0.604. The summed E-state index contributed by atoms with van der Waals surface area (Å²) in [5.41, 5.74) is -0.604. The van der Waals surface area contributed by atoms with Crippen molar-refractivity contribution in [2.24, 2.45) is 17.8 Å². The molecule has 1 fully saturated rings. The lowest BCUT2D eigenvalue weighted by Crippen LogP contribution is -2.48. The highest BCUT2D eigenvalue weighted by molar-refractivity contribution is 4.88. The average Bonchev–Trinajstić information content (AvgIpc) is 2.34. The van der Waals surface area contributed by atoms with Gasteiger partial charge in [0, 0.05) is 19.1 Å². The molecule has 0 saturated heterocycles. The fraction of sp³-hybridized carbons (Fsp3) is 1.00. The van der Waals surface area contributed by atoms with Gasteiger partial charge in [0.1, 0.15) is 0 Å². The van der Waals surface area contributed by atoms with Gasteiger partial charge in [-0.05, 0) is 70.9 Å². The molecule has 0 aliphatic heterocycles. The van der Waals surface area contributed by atoms with Gasteiger partial charge in [-0.25, -0.2) is 0 Å². The van der Waals surface area contributed by atoms with Crippen molar-refractivity contribution in [1.29, 1.82) is 0 Å². The molecule has 3 nitrogen and oxygen atoms in total. The smallest absolute Gasteiger partial charge is 0.0718 e. The van der Waals surface area contributed by atoms with E-state index in [0.29, 0.717) is 12.0 Å². The molecule has 2 N–H and O–H groups in total. The Bertz CT molecular complexity index is 285. The molecule has 1 aliphatic carbocycles. The minimum Gasteiger partial charge on any atom is -0.389 e. The highest BCUT2D eigenvalue weighted by atomic mass is 16.3. The zero-order valence-electron chi connectivity index (χ0n) is 15.2. The predicted molar refractivity (Wildman–Crippen MR) is 91.5 cm³/mol. The maximum Gasteiger partial charge on any atom is 0.0718 e. The van der Waals surface area contributed by atoms with Crippen LogP contribution in [0.3, 0.4) is 0 Å². The third kappa shape index (κ3) is 7.12. The number of hydrogen-bond donors (Lipinski definition) is 2. The second kappa shape index (κ2) is 8.50. The Morgan fingerprint density at radius 2 is 1.95 bits per heavy atom. The van der Waals surface area contributed by atoms with E-state index in [0.717, 1.165) is 31.5 Å². The Morgan fingerprint density at radius 3 is 2.48 bits per heavy atom. The van der Waals surface area contributed by atoms with E-state index in [4.69, 9.17) is 0 Å². The van der Waals surface area contributed by atoms with Gasteiger partial charge in [-0.1, -0.05) is 20.8 Å². The largest absolute Gasteiger partial charge is 0.389 e. The minimum absolute atomic E-state index is 0.604. The summed E-state index contributed by atoms with van der Waals surface area (Å²) in [7, 11) is 2.15. The normalized spacial score (nSPS) is 27.6. The fourth-order valence-electron chi connectivity index (χ4n) is 3.83. The van der Waals surface area contributed by atoms with Crippen molar-refractivity contribution in [3.8, 4) is 0 Å². The maximum atomic E-state index is 10.0. The van der Waals surface area contributed by atoms with Crippen molar-refractivity contribution in [2.75, 3.05) is 26.7 Å². The molecule has 0 aromatic rings. The predicted octanol–water partition coefficient (Wildman–Crippen LogP) is 3.13. The number of nitrogens with zero attached hydrogens (tertiary/aromatic N) is 1. The molecule has 0 aromatic carbocycles. The van der Waals surface area contributed by atoms with Crippen molar-refractivity contribution in [3.05, 3.63) is 0 Å². The van der Waals surface area contributed by atoms with Gasteiger partial charge in [-0.15, -0.1) is 0 Å². The second-order valence-corrected chi connectivity index (χ2v) is 8.15. The van der Waals surface area contributed by atoms with E-state index in [2.05, 4.69) is 38.0 Å². The molecule has 1 saturated carbocycles. The zero-order chi connectivity index (χ0) is 16.0. The van der Waals surface area contributed by atoms with Gasteiger partial charge >= 0.3 is 0 Å². The Morgan fingerprint density at radius 1 is 1.29 bits per heavy atom. The number of hydrogen-bond acceptors (Lipinski definition) is 3. The molecule has 3 unspecified atom stereocenters. The van der Waals surface area contributed by atoms with E-state index >= 15 is 0 Å². The van der Waals surface area contributed by atoms with Gasteiger partial charge < -0.3 is 15.3 Å². The summed E-state index contributed by atoms with van der Waals surface area (Å²) >= 11 is 0. The van der Waals surface area contributed by atoms with Crippen molar-refractivity contribution >= 4 is 0 Å². The molecule has 0 heterocycles. The molecule has 0 radical (unpaired) electrons. The van der Waals surface area contributed by atoms with Crippen molar-refractivity contribution in [2.45, 2.75) is 71.9 Å². The monoisotopic (exact) mass is 298 g/mol. The maximum absolute atomic E-state index is 10.0. The Hall–Kier alpha value is -0.120. The third-order valence-electron chi connectivity index (χ3n) is 4.83. The summed E-state index contributed by atoms with van der Waals surface area (Å²) in [5, 5.41) is 13.8. The van der Waals surface area contributed by atoms with Crippen LogP contribution < -0.4 is 5.32 Å². The molecule has 1 rings (SSSR count). The highest BCUT2D eigenvalue weighted by Gasteiger charge is 2.32. The first kappa shape index (κ1) is 18.9. The summed E-state index contributed by atoms with van der Waals surface area (Å²) < 4.78 is 0. The van der Waals surface area contributed by atoms with E-state index < -0.39 is 5.60 Å². The Labute approximate surface area is 132 Å². The van der Waals surface area contributed by atoms with Gasteiger partial charge in [0.25, 0.3) is 0 Å². The van der Waals surface area contributed by atoms with Crippen LogP contribution in [0.5, 0.6) is 0 Å². The summed E-state index contributed by atoms with van der Waals surface area (Å²) in [6, 6.07) is 0.657. The SMILES string of the molecule is CCCNC1CCC(C(C)C)CC1CN(C)CC(C)(C)O. The quantitative estimate of drug-likeness (QED) is 0.723. The molecular weight excluding hydrogens is 260 g/mol. The van der Waals surface area contributed by atoms with Crippen LogP contribution >= 0.6 is 0 Å². The van der Waals surface area contributed by atoms with Gasteiger partial charge in [0.2, 0.25) is 0 Å². The van der Waals surface area contributed by atoms with Crippen molar-refractivity contribution < 1.29 is 5.11 Å². The number of rotatable bonds is 8. The van der Waals surface area contributed by atoms with E-state index in [-0.39, 0.29) is 0 Å². The van der Waals surface area contributed by atoms with Crippen LogP contribution in [0.2, 0.25) is 0 Å². The van der Waals surface area contributed by atoms with Gasteiger partial charge in [-0.3, -0.25) is 0 Å². The van der Waals surface area contributed by atoms with Crippen LogP contribution in [0.1, 0.15) is 60.3 Å². The van der Waals surface area contributed by atoms with Crippen molar-refractivity contribution in [3.63, 3.8) is 0 Å². The van der Waals surface area contributed by atoms with Crippen molar-refractivity contribution in [1.82, 2.24) is 10.2 Å². The van der Waals surface area contributed by atoms with Gasteiger partial charge in [0.05, 0.1) is 5.60 Å². The first-order valence-electron chi connectivity index (χ1n) is 8.87. The Kier molecular flexibility index (Phi) is 7.66. The van der Waals surface area contributed by atoms with Crippen LogP contribution in [0, 0.1) is 17.8 Å². The molecule has 1 aliphatic rings. The summed E-state index contributed by atoms with van der Waals surface area (Å²) in [6.07, 6.45) is 5.21. The van der Waals surface area contributed by atoms with Crippen LogP contribution in [0.25, 0.3) is 0 Å². The summed E-state index contributed by atoms with van der Waals surface area (Å²) in [4.78, 5) is 2.31. The van der Waals surface area contributed by atoms with Crippen LogP contribution in [-0.4, -0.2) is 48.3 Å². The fourth-order valence-corrected chi connectivity index (χ4v) is 3.83. The number of aliphatic hydroxyl groups is 1. The molecule has 0 aromatic heterocycles. The lowest BCUT2D eigenvalue weighted by molar-refractivity contribution is 0.0320. The molecule has 0 bridgehead atoms. The standard InChI is InChI=1S/C18H38N2O/c1-7-10-19-17-9-8-15(14(2)3)11-16(17)12-20(6)13-18(4,5)21/h14-17,19,21H,7-13H2,1-6H3. The summed E-state index contributed by atoms with van der Waals surface area (Å²) in [6.45, 7) is 13.7. The molecule has 3 heteroatoms. The van der Waals surface area contributed by atoms with Gasteiger partial charge in [-0.2, -0.15) is 0 Å². The lowest BCUT2D eigenvalue weighted by Gasteiger charge is -2.41. The van der Waals surface area contributed by atoms with Crippen LogP contribution in [0.15, 0.2) is 0 Å². The number of nitrogens with one attached hydrogen (secondary N) is 1. The van der Waals surface area contributed by atoms with Gasteiger partial charge in [0.15, 0.2) is 0 Å². The Balaban J connectivity index is 2.60. The topological polar surface area (TPSA) is 35.5 Å². The molecule has 0 amide bonds.